The molecule has 0 saturated carbocycles. The molecule has 1 amide bonds. The topological polar surface area (TPSA) is 79.8 Å². The molecule has 0 atom stereocenters. The second-order valence-corrected chi connectivity index (χ2v) is 6.05. The molecule has 0 unspecified atom stereocenters. The van der Waals surface area contributed by atoms with E-state index in [-0.39, 0.29) is 5.91 Å². The van der Waals surface area contributed by atoms with Crippen LogP contribution in [0.3, 0.4) is 0 Å². The Hall–Kier alpha value is -1.67. The van der Waals surface area contributed by atoms with Crippen molar-refractivity contribution in [2.75, 3.05) is 24.7 Å². The fourth-order valence-corrected chi connectivity index (χ4v) is 3.05. The van der Waals surface area contributed by atoms with Crippen molar-refractivity contribution in [1.29, 1.82) is 0 Å². The van der Waals surface area contributed by atoms with E-state index in [1.54, 1.807) is 42.3 Å². The van der Waals surface area contributed by atoms with Crippen molar-refractivity contribution in [1.82, 2.24) is 20.5 Å². The zero-order chi connectivity index (χ0) is 14.2. The van der Waals surface area contributed by atoms with E-state index in [4.69, 9.17) is 0 Å². The molecule has 0 radical (unpaired) electrons. The molecule has 2 aromatic heterocycles. The first-order chi connectivity index (χ1) is 9.79. The average Bonchev–Trinajstić information content (AvgIpc) is 3.00. The third kappa shape index (κ3) is 4.46. The number of amides is 1. The molecule has 2 N–H and O–H groups in total. The molecule has 6 nitrogen and oxygen atoms in total. The van der Waals surface area contributed by atoms with Crippen molar-refractivity contribution >= 4 is 34.8 Å². The summed E-state index contributed by atoms with van der Waals surface area (Å²) in [6, 6.07) is 3.41. The van der Waals surface area contributed by atoms with Gasteiger partial charge in [0.1, 0.15) is 10.2 Å². The number of carbonyl (C=O) groups excluding carboxylic acids is 1. The summed E-state index contributed by atoms with van der Waals surface area (Å²) in [5, 5.41) is 15.5. The maximum absolute atomic E-state index is 11.3. The molecule has 2 aromatic rings. The Morgan fingerprint density at radius 2 is 2.30 bits per heavy atom. The minimum absolute atomic E-state index is 0.233. The summed E-state index contributed by atoms with van der Waals surface area (Å²) in [5.41, 5.74) is 0.317. The summed E-state index contributed by atoms with van der Waals surface area (Å²) in [5.74, 6) is 1.45. The lowest BCUT2D eigenvalue weighted by atomic mass is 10.3. The minimum Gasteiger partial charge on any atom is -0.369 e. The molecule has 2 rings (SSSR count). The largest absolute Gasteiger partial charge is 0.369 e. The Morgan fingerprint density at radius 1 is 1.40 bits per heavy atom. The third-order valence-electron chi connectivity index (χ3n) is 2.39. The number of thioether (sulfide) groups is 1. The molecule has 0 aromatic carbocycles. The van der Waals surface area contributed by atoms with Crippen molar-refractivity contribution in [3.8, 4) is 0 Å². The number of anilines is 1. The monoisotopic (exact) mass is 309 g/mol. The smallest absolute Gasteiger partial charge is 0.271 e. The van der Waals surface area contributed by atoms with E-state index in [1.165, 1.54) is 0 Å². The quantitative estimate of drug-likeness (QED) is 0.600. The Balaban J connectivity index is 1.67. The predicted octanol–water partition coefficient (Wildman–Crippen LogP) is 1.89. The molecule has 106 valence electrons. The van der Waals surface area contributed by atoms with Crippen LogP contribution in [0.5, 0.6) is 0 Å². The summed E-state index contributed by atoms with van der Waals surface area (Å²) in [6.07, 6.45) is 2.82. The highest BCUT2D eigenvalue weighted by Crippen LogP contribution is 2.20. The fourth-order valence-electron chi connectivity index (χ4n) is 1.41. The molecule has 0 spiro atoms. The highest BCUT2D eigenvalue weighted by Gasteiger charge is 2.05. The van der Waals surface area contributed by atoms with Gasteiger partial charge in [-0.3, -0.25) is 4.79 Å². The standard InChI is InChI=1S/C12H15N5OS2/c1-13-11(18)9-3-4-10(17-16-9)14-5-2-7-19-12-15-6-8-20-12/h3-4,6,8H,2,5,7H2,1H3,(H,13,18)(H,14,17). The van der Waals surface area contributed by atoms with Gasteiger partial charge >= 0.3 is 0 Å². The maximum Gasteiger partial charge on any atom is 0.271 e. The fraction of sp³-hybridized carbons (Fsp3) is 0.333. The number of nitrogens with one attached hydrogen (secondary N) is 2. The first kappa shape index (κ1) is 14.7. The van der Waals surface area contributed by atoms with Gasteiger partial charge in [0.2, 0.25) is 0 Å². The van der Waals surface area contributed by atoms with Gasteiger partial charge < -0.3 is 10.6 Å². The maximum atomic E-state index is 11.3. The van der Waals surface area contributed by atoms with E-state index in [1.807, 2.05) is 11.6 Å². The molecule has 2 heterocycles. The molecule has 0 aliphatic carbocycles. The minimum atomic E-state index is -0.233. The highest BCUT2D eigenvalue weighted by molar-refractivity contribution is 8.00. The van der Waals surface area contributed by atoms with Crippen LogP contribution in [-0.4, -0.2) is 40.4 Å². The van der Waals surface area contributed by atoms with Gasteiger partial charge in [0.05, 0.1) is 0 Å². The van der Waals surface area contributed by atoms with Crippen LogP contribution in [0.1, 0.15) is 16.9 Å². The van der Waals surface area contributed by atoms with Crippen LogP contribution in [0.15, 0.2) is 28.0 Å². The number of thiazole rings is 1. The summed E-state index contributed by atoms with van der Waals surface area (Å²) in [6.45, 7) is 0.812. The highest BCUT2D eigenvalue weighted by atomic mass is 32.2. The zero-order valence-corrected chi connectivity index (χ0v) is 12.6. The average molecular weight is 309 g/mol. The summed E-state index contributed by atoms with van der Waals surface area (Å²) < 4.78 is 1.10. The predicted molar refractivity (Wildman–Crippen MR) is 81.4 cm³/mol. The van der Waals surface area contributed by atoms with E-state index in [0.717, 1.165) is 23.1 Å². The second kappa shape index (κ2) is 7.81. The van der Waals surface area contributed by atoms with Gasteiger partial charge in [0, 0.05) is 30.9 Å². The first-order valence-electron chi connectivity index (χ1n) is 6.11. The molecule has 20 heavy (non-hydrogen) atoms. The number of hydrogen-bond donors (Lipinski definition) is 2. The van der Waals surface area contributed by atoms with Gasteiger partial charge in [-0.25, -0.2) is 4.98 Å². The molecule has 0 fully saturated rings. The number of rotatable bonds is 7. The van der Waals surface area contributed by atoms with E-state index in [2.05, 4.69) is 25.8 Å². The first-order valence-corrected chi connectivity index (χ1v) is 7.98. The van der Waals surface area contributed by atoms with Crippen LogP contribution in [0, 0.1) is 0 Å². The van der Waals surface area contributed by atoms with Crippen LogP contribution in [0.25, 0.3) is 0 Å². The van der Waals surface area contributed by atoms with Crippen LogP contribution < -0.4 is 10.6 Å². The molecular weight excluding hydrogens is 294 g/mol. The Labute approximate surface area is 125 Å². The van der Waals surface area contributed by atoms with Crippen LogP contribution in [-0.2, 0) is 0 Å². The number of nitrogens with zero attached hydrogens (tertiary/aromatic N) is 3. The van der Waals surface area contributed by atoms with Crippen molar-refractivity contribution in [2.45, 2.75) is 10.8 Å². The Morgan fingerprint density at radius 3 is 2.95 bits per heavy atom. The zero-order valence-electron chi connectivity index (χ0n) is 11.0. The van der Waals surface area contributed by atoms with Crippen LogP contribution in [0.2, 0.25) is 0 Å². The lowest BCUT2D eigenvalue weighted by Gasteiger charge is -2.04. The number of hydrogen-bond acceptors (Lipinski definition) is 7. The van der Waals surface area contributed by atoms with E-state index in [9.17, 15) is 4.79 Å². The summed E-state index contributed by atoms with van der Waals surface area (Å²) >= 11 is 3.41. The summed E-state index contributed by atoms with van der Waals surface area (Å²) in [7, 11) is 1.57. The molecule has 0 aliphatic rings. The van der Waals surface area contributed by atoms with Crippen molar-refractivity contribution in [3.63, 3.8) is 0 Å². The molecule has 0 saturated heterocycles. The SMILES string of the molecule is CNC(=O)c1ccc(NCCCSc2nccs2)nn1. The summed E-state index contributed by atoms with van der Waals surface area (Å²) in [4.78, 5) is 15.5. The van der Waals surface area contributed by atoms with E-state index < -0.39 is 0 Å². The second-order valence-electron chi connectivity index (χ2n) is 3.81. The number of aromatic nitrogens is 3. The van der Waals surface area contributed by atoms with E-state index >= 15 is 0 Å². The van der Waals surface area contributed by atoms with Crippen molar-refractivity contribution < 1.29 is 4.79 Å². The normalized spacial score (nSPS) is 10.2. The van der Waals surface area contributed by atoms with Crippen LogP contribution >= 0.6 is 23.1 Å². The third-order valence-corrected chi connectivity index (χ3v) is 4.44. The van der Waals surface area contributed by atoms with Gasteiger partial charge in [0.15, 0.2) is 5.69 Å². The van der Waals surface area contributed by atoms with E-state index in [0.29, 0.717) is 11.5 Å². The molecular formula is C12H15N5OS2. The van der Waals surface area contributed by atoms with Gasteiger partial charge in [0.25, 0.3) is 5.91 Å². The molecule has 0 aliphatic heterocycles. The Kier molecular flexibility index (Phi) is 5.75. The van der Waals surface area contributed by atoms with Gasteiger partial charge in [-0.1, -0.05) is 11.8 Å². The van der Waals surface area contributed by atoms with Gasteiger partial charge in [-0.05, 0) is 18.6 Å². The number of carbonyl (C=O) groups is 1. The Bertz CT molecular complexity index is 529. The lowest BCUT2D eigenvalue weighted by Crippen LogP contribution is -2.19. The molecule has 0 bridgehead atoms. The van der Waals surface area contributed by atoms with Crippen LogP contribution in [0.4, 0.5) is 5.82 Å². The van der Waals surface area contributed by atoms with Crippen molar-refractivity contribution in [3.05, 3.63) is 29.4 Å². The van der Waals surface area contributed by atoms with Crippen molar-refractivity contribution in [2.24, 2.45) is 0 Å². The lowest BCUT2D eigenvalue weighted by molar-refractivity contribution is 0.0957. The molecule has 8 heteroatoms. The van der Waals surface area contributed by atoms with Gasteiger partial charge in [-0.15, -0.1) is 21.5 Å². The van der Waals surface area contributed by atoms with Gasteiger partial charge in [-0.2, -0.15) is 0 Å².